The predicted molar refractivity (Wildman–Crippen MR) is 160 cm³/mol. The molecule has 1 heterocycles. The van der Waals surface area contributed by atoms with Gasteiger partial charge in [0.15, 0.2) is 0 Å². The normalized spacial score (nSPS) is 14.4. The Hall–Kier alpha value is -3.50. The maximum Gasteiger partial charge on any atom is 0.269 e. The highest BCUT2D eigenvalue weighted by atomic mass is 79.9. The van der Waals surface area contributed by atoms with E-state index in [-0.39, 0.29) is 48.2 Å². The van der Waals surface area contributed by atoms with E-state index < -0.39 is 22.0 Å². The first-order chi connectivity index (χ1) is 19.7. The molecule has 8 nitrogen and oxygen atoms in total. The van der Waals surface area contributed by atoms with E-state index in [1.165, 1.54) is 12.1 Å². The Morgan fingerprint density at radius 2 is 1.61 bits per heavy atom. The van der Waals surface area contributed by atoms with Gasteiger partial charge in [0, 0.05) is 36.9 Å². The molecule has 41 heavy (non-hydrogen) atoms. The number of hydrogen-bond donors (Lipinski definition) is 1. The SMILES string of the molecule is CCCCNC(=O)[C@@H](Cc1ccccc1)N(Cc1ccc(Br)cc1)C(=O)CCCN1C(=O)c2ccccc2S1(=O)=O. The van der Waals surface area contributed by atoms with Crippen molar-refractivity contribution in [3.05, 3.63) is 100 Å². The molecule has 3 amide bonds. The van der Waals surface area contributed by atoms with Crippen molar-refractivity contribution in [2.24, 2.45) is 0 Å². The van der Waals surface area contributed by atoms with Crippen LogP contribution in [0.3, 0.4) is 0 Å². The fraction of sp³-hybridized carbons (Fsp3) is 0.323. The van der Waals surface area contributed by atoms with Crippen LogP contribution in [-0.4, -0.2) is 54.5 Å². The molecule has 1 aliphatic rings. The van der Waals surface area contributed by atoms with Crippen LogP contribution in [0, 0.1) is 0 Å². The first kappa shape index (κ1) is 30.5. The molecule has 0 radical (unpaired) electrons. The predicted octanol–water partition coefficient (Wildman–Crippen LogP) is 4.93. The molecule has 4 rings (SSSR count). The lowest BCUT2D eigenvalue weighted by Gasteiger charge is -2.32. The van der Waals surface area contributed by atoms with Crippen LogP contribution in [0.1, 0.15) is 54.1 Å². The molecule has 0 spiro atoms. The number of nitrogens with one attached hydrogen (secondary N) is 1. The number of carbonyl (C=O) groups excluding carboxylic acids is 3. The molecule has 0 fully saturated rings. The zero-order chi connectivity index (χ0) is 29.4. The Morgan fingerprint density at radius 3 is 2.29 bits per heavy atom. The molecule has 3 aromatic carbocycles. The van der Waals surface area contributed by atoms with Crippen LogP contribution in [0.15, 0.2) is 88.2 Å². The first-order valence-corrected chi connectivity index (χ1v) is 16.0. The Kier molecular flexibility index (Phi) is 10.3. The van der Waals surface area contributed by atoms with Gasteiger partial charge in [-0.15, -0.1) is 0 Å². The van der Waals surface area contributed by atoms with Crippen molar-refractivity contribution in [2.75, 3.05) is 13.1 Å². The number of benzene rings is 3. The van der Waals surface area contributed by atoms with Crippen molar-refractivity contribution in [2.45, 2.75) is 56.5 Å². The minimum Gasteiger partial charge on any atom is -0.354 e. The minimum atomic E-state index is -3.96. The third-order valence-corrected chi connectivity index (χ3v) is 9.40. The number of unbranched alkanes of at least 4 members (excludes halogenated alkanes) is 1. The Labute approximate surface area is 249 Å². The van der Waals surface area contributed by atoms with E-state index in [2.05, 4.69) is 21.2 Å². The molecule has 0 aliphatic carbocycles. The second kappa shape index (κ2) is 13.9. The zero-order valence-corrected chi connectivity index (χ0v) is 25.4. The number of rotatable bonds is 13. The van der Waals surface area contributed by atoms with E-state index in [9.17, 15) is 22.8 Å². The molecule has 0 saturated heterocycles. The van der Waals surface area contributed by atoms with Crippen molar-refractivity contribution in [3.63, 3.8) is 0 Å². The average molecular weight is 641 g/mol. The summed E-state index contributed by atoms with van der Waals surface area (Å²) in [7, 11) is -3.96. The Balaban J connectivity index is 1.55. The quantitative estimate of drug-likeness (QED) is 0.267. The molecule has 216 valence electrons. The van der Waals surface area contributed by atoms with E-state index in [4.69, 9.17) is 0 Å². The van der Waals surface area contributed by atoms with Gasteiger partial charge in [0.05, 0.1) is 5.56 Å². The van der Waals surface area contributed by atoms with Crippen molar-refractivity contribution in [1.29, 1.82) is 0 Å². The molecular formula is C31H34BrN3O5S. The first-order valence-electron chi connectivity index (χ1n) is 13.7. The molecule has 0 saturated carbocycles. The highest BCUT2D eigenvalue weighted by molar-refractivity contribution is 9.10. The van der Waals surface area contributed by atoms with Gasteiger partial charge < -0.3 is 10.2 Å². The van der Waals surface area contributed by atoms with E-state index >= 15 is 0 Å². The number of amides is 3. The number of sulfonamides is 1. The molecule has 0 bridgehead atoms. The van der Waals surface area contributed by atoms with Crippen LogP contribution in [-0.2, 0) is 32.6 Å². The van der Waals surface area contributed by atoms with Gasteiger partial charge in [-0.1, -0.05) is 83.9 Å². The van der Waals surface area contributed by atoms with Crippen LogP contribution in [0.5, 0.6) is 0 Å². The molecule has 1 N–H and O–H groups in total. The van der Waals surface area contributed by atoms with E-state index in [1.807, 2.05) is 61.5 Å². The standard InChI is InChI=1S/C31H34BrN3O5S/c1-2-3-19-33-30(37)27(21-23-10-5-4-6-11-23)34(22-24-15-17-25(32)18-16-24)29(36)14-9-20-35-31(38)26-12-7-8-13-28(26)41(35,39)40/h4-8,10-13,15-18,27H,2-3,9,14,19-22H2,1H3,(H,33,37)/t27-/m1/s1. The summed E-state index contributed by atoms with van der Waals surface area (Å²) in [6, 6.07) is 22.4. The van der Waals surface area contributed by atoms with Crippen LogP contribution < -0.4 is 5.32 Å². The number of carbonyl (C=O) groups is 3. The lowest BCUT2D eigenvalue weighted by atomic mass is 10.0. The topological polar surface area (TPSA) is 104 Å². The van der Waals surface area contributed by atoms with Gasteiger partial charge in [0.2, 0.25) is 11.8 Å². The fourth-order valence-corrected chi connectivity index (χ4v) is 6.69. The second-order valence-corrected chi connectivity index (χ2v) is 12.7. The highest BCUT2D eigenvalue weighted by Gasteiger charge is 2.40. The summed E-state index contributed by atoms with van der Waals surface area (Å²) in [5.41, 5.74) is 1.92. The second-order valence-electron chi connectivity index (χ2n) is 9.98. The number of nitrogens with zero attached hydrogens (tertiary/aromatic N) is 2. The molecule has 10 heteroatoms. The number of fused-ring (bicyclic) bond motifs is 1. The number of hydrogen-bond acceptors (Lipinski definition) is 5. The third kappa shape index (κ3) is 7.42. The summed E-state index contributed by atoms with van der Waals surface area (Å²) in [5, 5.41) is 2.99. The van der Waals surface area contributed by atoms with Gasteiger partial charge in [-0.2, -0.15) is 0 Å². The fourth-order valence-electron chi connectivity index (χ4n) is 4.82. The Morgan fingerprint density at radius 1 is 0.927 bits per heavy atom. The summed E-state index contributed by atoms with van der Waals surface area (Å²) >= 11 is 3.44. The molecular weight excluding hydrogens is 606 g/mol. The van der Waals surface area contributed by atoms with Crippen LogP contribution in [0.25, 0.3) is 0 Å². The molecule has 3 aromatic rings. The van der Waals surface area contributed by atoms with Gasteiger partial charge >= 0.3 is 0 Å². The maximum absolute atomic E-state index is 13.8. The summed E-state index contributed by atoms with van der Waals surface area (Å²) in [6.07, 6.45) is 2.18. The van der Waals surface area contributed by atoms with Crippen LogP contribution in [0.2, 0.25) is 0 Å². The van der Waals surface area contributed by atoms with Gasteiger partial charge in [-0.25, -0.2) is 12.7 Å². The van der Waals surface area contributed by atoms with Gasteiger partial charge in [-0.05, 0) is 48.2 Å². The lowest BCUT2D eigenvalue weighted by molar-refractivity contribution is -0.141. The van der Waals surface area contributed by atoms with Gasteiger partial charge in [-0.3, -0.25) is 14.4 Å². The summed E-state index contributed by atoms with van der Waals surface area (Å²) in [6.45, 7) is 2.63. The van der Waals surface area contributed by atoms with Crippen LogP contribution in [0.4, 0.5) is 0 Å². The largest absolute Gasteiger partial charge is 0.354 e. The lowest BCUT2D eigenvalue weighted by Crippen LogP contribution is -2.50. The van der Waals surface area contributed by atoms with Crippen LogP contribution >= 0.6 is 15.9 Å². The average Bonchev–Trinajstić information content (AvgIpc) is 3.17. The van der Waals surface area contributed by atoms with E-state index in [0.717, 1.165) is 32.7 Å². The van der Waals surface area contributed by atoms with E-state index in [0.29, 0.717) is 13.0 Å². The Bertz CT molecular complexity index is 1480. The zero-order valence-electron chi connectivity index (χ0n) is 23.0. The number of halogens is 1. The smallest absolute Gasteiger partial charge is 0.269 e. The minimum absolute atomic E-state index is 0.0140. The molecule has 1 atom stereocenters. The molecule has 0 unspecified atom stereocenters. The molecule has 0 aromatic heterocycles. The van der Waals surface area contributed by atoms with Crippen molar-refractivity contribution >= 4 is 43.7 Å². The summed E-state index contributed by atoms with van der Waals surface area (Å²) in [5.74, 6) is -1.11. The highest BCUT2D eigenvalue weighted by Crippen LogP contribution is 2.30. The summed E-state index contributed by atoms with van der Waals surface area (Å²) in [4.78, 5) is 41.7. The van der Waals surface area contributed by atoms with E-state index in [1.54, 1.807) is 17.0 Å². The molecule has 1 aliphatic heterocycles. The van der Waals surface area contributed by atoms with Crippen molar-refractivity contribution < 1.29 is 22.8 Å². The summed E-state index contributed by atoms with van der Waals surface area (Å²) < 4.78 is 27.6. The third-order valence-electron chi connectivity index (χ3n) is 7.03. The van der Waals surface area contributed by atoms with Crippen molar-refractivity contribution in [3.8, 4) is 0 Å². The van der Waals surface area contributed by atoms with Crippen molar-refractivity contribution in [1.82, 2.24) is 14.5 Å². The van der Waals surface area contributed by atoms with Gasteiger partial charge in [0.1, 0.15) is 10.9 Å². The maximum atomic E-state index is 13.8. The monoisotopic (exact) mass is 639 g/mol. The van der Waals surface area contributed by atoms with Gasteiger partial charge in [0.25, 0.3) is 15.9 Å².